The third-order valence-corrected chi connectivity index (χ3v) is 4.17. The van der Waals surface area contributed by atoms with Gasteiger partial charge in [0.15, 0.2) is 11.4 Å². The lowest BCUT2D eigenvalue weighted by Gasteiger charge is -1.99. The number of hydrogen-bond acceptors (Lipinski definition) is 6. The van der Waals surface area contributed by atoms with Crippen LogP contribution in [0.25, 0.3) is 27.8 Å². The van der Waals surface area contributed by atoms with Crippen molar-refractivity contribution in [2.75, 3.05) is 5.43 Å². The summed E-state index contributed by atoms with van der Waals surface area (Å²) in [4.78, 5) is 8.56. The van der Waals surface area contributed by atoms with Crippen molar-refractivity contribution in [2.45, 2.75) is 0 Å². The van der Waals surface area contributed by atoms with Gasteiger partial charge in [-0.25, -0.2) is 14.6 Å². The van der Waals surface area contributed by atoms with E-state index in [9.17, 15) is 0 Å². The predicted molar refractivity (Wildman–Crippen MR) is 104 cm³/mol. The highest BCUT2D eigenvalue weighted by molar-refractivity contribution is 6.05. The Morgan fingerprint density at radius 3 is 2.78 bits per heavy atom. The zero-order chi connectivity index (χ0) is 18.1. The Bertz CT molecular complexity index is 1260. The van der Waals surface area contributed by atoms with E-state index in [1.165, 1.54) is 6.33 Å². The molecule has 0 saturated carbocycles. The molecule has 3 aromatic heterocycles. The first-order valence-electron chi connectivity index (χ1n) is 8.40. The molecule has 27 heavy (non-hydrogen) atoms. The van der Waals surface area contributed by atoms with Crippen molar-refractivity contribution in [1.82, 2.24) is 19.7 Å². The number of hydrogen-bond donors (Lipinski definition) is 1. The SMILES string of the molecule is C(=N/Nc1ncnc2c1oc1ccccc12)/c1cnn(-c2ccccc2)c1. The zero-order valence-corrected chi connectivity index (χ0v) is 14.1. The summed E-state index contributed by atoms with van der Waals surface area (Å²) in [5, 5.41) is 9.55. The molecule has 5 rings (SSSR count). The fourth-order valence-electron chi connectivity index (χ4n) is 2.90. The van der Waals surface area contributed by atoms with E-state index in [2.05, 4.69) is 25.6 Å². The summed E-state index contributed by atoms with van der Waals surface area (Å²) in [5.74, 6) is 0.517. The molecule has 0 aliphatic heterocycles. The van der Waals surface area contributed by atoms with Crippen LogP contribution in [0.2, 0.25) is 0 Å². The van der Waals surface area contributed by atoms with Crippen LogP contribution in [0.4, 0.5) is 5.82 Å². The van der Waals surface area contributed by atoms with E-state index in [-0.39, 0.29) is 0 Å². The lowest BCUT2D eigenvalue weighted by atomic mass is 10.2. The predicted octanol–water partition coefficient (Wildman–Crippen LogP) is 4.01. The summed E-state index contributed by atoms with van der Waals surface area (Å²) in [6, 6.07) is 17.7. The molecule has 0 aliphatic rings. The first-order valence-corrected chi connectivity index (χ1v) is 8.40. The molecule has 0 atom stereocenters. The zero-order valence-electron chi connectivity index (χ0n) is 14.1. The Labute approximate surface area is 154 Å². The number of anilines is 1. The number of rotatable bonds is 4. The molecule has 0 fully saturated rings. The Morgan fingerprint density at radius 2 is 1.85 bits per heavy atom. The molecule has 0 amide bonds. The van der Waals surface area contributed by atoms with Crippen molar-refractivity contribution >= 4 is 34.1 Å². The van der Waals surface area contributed by atoms with Gasteiger partial charge in [-0.2, -0.15) is 10.2 Å². The van der Waals surface area contributed by atoms with Crippen LogP contribution in [0, 0.1) is 0 Å². The molecule has 0 aliphatic carbocycles. The van der Waals surface area contributed by atoms with Gasteiger partial charge in [0.25, 0.3) is 0 Å². The van der Waals surface area contributed by atoms with Gasteiger partial charge in [0.2, 0.25) is 0 Å². The van der Waals surface area contributed by atoms with Crippen LogP contribution in [0.5, 0.6) is 0 Å². The first kappa shape index (κ1) is 15.3. The van der Waals surface area contributed by atoms with E-state index in [1.54, 1.807) is 17.1 Å². The quantitative estimate of drug-likeness (QED) is 0.390. The van der Waals surface area contributed by atoms with Gasteiger partial charge in [0.05, 0.1) is 18.1 Å². The molecule has 7 heteroatoms. The summed E-state index contributed by atoms with van der Waals surface area (Å²) in [6.45, 7) is 0. The molecule has 0 unspecified atom stereocenters. The number of furan rings is 1. The molecule has 5 aromatic rings. The highest BCUT2D eigenvalue weighted by Gasteiger charge is 2.12. The number of benzene rings is 2. The Kier molecular flexibility index (Phi) is 3.61. The number of hydrazone groups is 1. The maximum atomic E-state index is 5.87. The number of fused-ring (bicyclic) bond motifs is 3. The van der Waals surface area contributed by atoms with Crippen molar-refractivity contribution in [2.24, 2.45) is 5.10 Å². The molecule has 0 radical (unpaired) electrons. The van der Waals surface area contributed by atoms with Crippen molar-refractivity contribution in [3.63, 3.8) is 0 Å². The lowest BCUT2D eigenvalue weighted by Crippen LogP contribution is -1.95. The van der Waals surface area contributed by atoms with Crippen LogP contribution >= 0.6 is 0 Å². The van der Waals surface area contributed by atoms with Crippen LogP contribution in [-0.4, -0.2) is 26.0 Å². The molecule has 3 heterocycles. The summed E-state index contributed by atoms with van der Waals surface area (Å²) in [6.07, 6.45) is 6.82. The van der Waals surface area contributed by atoms with Crippen molar-refractivity contribution < 1.29 is 4.42 Å². The van der Waals surface area contributed by atoms with E-state index >= 15 is 0 Å². The van der Waals surface area contributed by atoms with Crippen molar-refractivity contribution in [3.05, 3.63) is 78.9 Å². The summed E-state index contributed by atoms with van der Waals surface area (Å²) >= 11 is 0. The normalized spacial score (nSPS) is 11.6. The summed E-state index contributed by atoms with van der Waals surface area (Å²) < 4.78 is 7.67. The molecule has 1 N–H and O–H groups in total. The monoisotopic (exact) mass is 354 g/mol. The molecule has 0 bridgehead atoms. The van der Waals surface area contributed by atoms with Crippen LogP contribution < -0.4 is 5.43 Å². The van der Waals surface area contributed by atoms with Gasteiger partial charge < -0.3 is 4.42 Å². The van der Waals surface area contributed by atoms with Crippen molar-refractivity contribution in [3.8, 4) is 5.69 Å². The summed E-state index contributed by atoms with van der Waals surface area (Å²) in [5.41, 5.74) is 6.89. The van der Waals surface area contributed by atoms with Crippen LogP contribution in [0.3, 0.4) is 0 Å². The maximum Gasteiger partial charge on any atom is 0.197 e. The molecular formula is C20H14N6O. The number of aromatic nitrogens is 4. The Balaban J connectivity index is 1.41. The van der Waals surface area contributed by atoms with Gasteiger partial charge in [0.1, 0.15) is 17.4 Å². The minimum absolute atomic E-state index is 0.517. The smallest absolute Gasteiger partial charge is 0.197 e. The average Bonchev–Trinajstić information content (AvgIpc) is 3.34. The van der Waals surface area contributed by atoms with E-state index in [4.69, 9.17) is 4.42 Å². The fourth-order valence-corrected chi connectivity index (χ4v) is 2.90. The molecule has 0 spiro atoms. The minimum atomic E-state index is 0.517. The van der Waals surface area contributed by atoms with Crippen LogP contribution in [0.1, 0.15) is 5.56 Å². The molecule has 0 saturated heterocycles. The Morgan fingerprint density at radius 1 is 1.00 bits per heavy atom. The topological polar surface area (TPSA) is 81.1 Å². The van der Waals surface area contributed by atoms with Gasteiger partial charge >= 0.3 is 0 Å². The lowest BCUT2D eigenvalue weighted by molar-refractivity contribution is 0.667. The van der Waals surface area contributed by atoms with E-state index < -0.39 is 0 Å². The average molecular weight is 354 g/mol. The Hall–Kier alpha value is -4.00. The van der Waals surface area contributed by atoms with Crippen LogP contribution in [0.15, 0.2) is 82.8 Å². The van der Waals surface area contributed by atoms with E-state index in [1.807, 2.05) is 60.8 Å². The minimum Gasteiger partial charge on any atom is -0.450 e. The van der Waals surface area contributed by atoms with Gasteiger partial charge in [0, 0.05) is 17.1 Å². The van der Waals surface area contributed by atoms with Gasteiger partial charge in [-0.05, 0) is 24.3 Å². The van der Waals surface area contributed by atoms with E-state index in [0.717, 1.165) is 27.7 Å². The standard InChI is InChI=1S/C20H14N6O/c1-2-6-15(7-3-1)26-12-14(11-24-26)10-23-25-20-19-18(21-13-22-20)16-8-4-5-9-17(16)27-19/h1-13H,(H,21,22,25)/b23-10-. The van der Waals surface area contributed by atoms with Gasteiger partial charge in [-0.15, -0.1) is 0 Å². The molecule has 130 valence electrons. The first-order chi connectivity index (χ1) is 13.4. The largest absolute Gasteiger partial charge is 0.450 e. The molecular weight excluding hydrogens is 340 g/mol. The second-order valence-electron chi connectivity index (χ2n) is 5.92. The van der Waals surface area contributed by atoms with E-state index in [0.29, 0.717) is 11.4 Å². The highest BCUT2D eigenvalue weighted by Crippen LogP contribution is 2.30. The highest BCUT2D eigenvalue weighted by atomic mass is 16.3. The van der Waals surface area contributed by atoms with Crippen LogP contribution in [-0.2, 0) is 0 Å². The number of nitrogens with one attached hydrogen (secondary N) is 1. The third kappa shape index (κ3) is 2.81. The number of para-hydroxylation sites is 2. The van der Waals surface area contributed by atoms with Gasteiger partial charge in [-0.3, -0.25) is 5.43 Å². The maximum absolute atomic E-state index is 5.87. The van der Waals surface area contributed by atoms with Crippen molar-refractivity contribution in [1.29, 1.82) is 0 Å². The molecule has 7 nitrogen and oxygen atoms in total. The number of nitrogens with zero attached hydrogens (tertiary/aromatic N) is 5. The molecule has 2 aromatic carbocycles. The van der Waals surface area contributed by atoms with Gasteiger partial charge in [-0.1, -0.05) is 30.3 Å². The summed E-state index contributed by atoms with van der Waals surface area (Å²) in [7, 11) is 0. The fraction of sp³-hybridized carbons (Fsp3) is 0. The second-order valence-corrected chi connectivity index (χ2v) is 5.92. The second kappa shape index (κ2) is 6.38. The third-order valence-electron chi connectivity index (χ3n) is 4.17.